The number of carboxylic acid groups (broad SMARTS) is 1. The molecule has 0 fully saturated rings. The summed E-state index contributed by atoms with van der Waals surface area (Å²) in [6.45, 7) is 4.33. The second kappa shape index (κ2) is 9.89. The molecule has 0 aliphatic heterocycles. The molecule has 0 aromatic heterocycles. The average molecular weight is 219 g/mol. The van der Waals surface area contributed by atoms with Gasteiger partial charge in [-0.2, -0.15) is 0 Å². The van der Waals surface area contributed by atoms with Gasteiger partial charge in [-0.3, -0.25) is 4.79 Å². The van der Waals surface area contributed by atoms with E-state index in [0.717, 1.165) is 13.0 Å². The van der Waals surface area contributed by atoms with E-state index in [1.165, 1.54) is 0 Å². The number of carboxylic acids is 1. The van der Waals surface area contributed by atoms with Gasteiger partial charge in [-0.05, 0) is 19.9 Å². The van der Waals surface area contributed by atoms with Crippen LogP contribution in [0.15, 0.2) is 0 Å². The Kier molecular flexibility index (Phi) is 9.46. The van der Waals surface area contributed by atoms with Crippen molar-refractivity contribution < 1.29 is 19.4 Å². The summed E-state index contributed by atoms with van der Waals surface area (Å²) in [6.07, 6.45) is 1.47. The number of nitrogens with one attached hydrogen (secondary N) is 1. The van der Waals surface area contributed by atoms with E-state index in [4.69, 9.17) is 14.6 Å². The van der Waals surface area contributed by atoms with E-state index < -0.39 is 12.0 Å². The van der Waals surface area contributed by atoms with Crippen LogP contribution in [-0.4, -0.2) is 50.6 Å². The van der Waals surface area contributed by atoms with E-state index >= 15 is 0 Å². The molecular formula is C10H21NO4. The standard InChI is InChI=1S/C10H21NO4/c1-3-5-14-7-8-15-6-4-9(11-2)10(12)13/h9,11H,3-8H2,1-2H3,(H,12,13). The van der Waals surface area contributed by atoms with Crippen LogP contribution in [0.3, 0.4) is 0 Å². The zero-order valence-corrected chi connectivity index (χ0v) is 9.49. The molecule has 0 amide bonds. The van der Waals surface area contributed by atoms with Gasteiger partial charge in [-0.25, -0.2) is 0 Å². The maximum Gasteiger partial charge on any atom is 0.320 e. The van der Waals surface area contributed by atoms with Gasteiger partial charge in [-0.15, -0.1) is 0 Å². The molecule has 0 aliphatic rings. The molecule has 0 heterocycles. The summed E-state index contributed by atoms with van der Waals surface area (Å²) in [5, 5.41) is 11.4. The molecule has 0 rings (SSSR count). The zero-order valence-electron chi connectivity index (χ0n) is 9.49. The Hall–Kier alpha value is -0.650. The van der Waals surface area contributed by atoms with Gasteiger partial charge in [0.25, 0.3) is 0 Å². The molecule has 0 aromatic carbocycles. The van der Waals surface area contributed by atoms with Gasteiger partial charge in [0.2, 0.25) is 0 Å². The number of hydrogen-bond donors (Lipinski definition) is 2. The predicted octanol–water partition coefficient (Wildman–Crippen LogP) is 0.492. The first kappa shape index (κ1) is 14.3. The van der Waals surface area contributed by atoms with Crippen molar-refractivity contribution in [2.24, 2.45) is 0 Å². The lowest BCUT2D eigenvalue weighted by atomic mass is 10.2. The molecule has 0 aromatic rings. The molecule has 5 heteroatoms. The van der Waals surface area contributed by atoms with E-state index in [2.05, 4.69) is 5.32 Å². The average Bonchev–Trinajstić information content (AvgIpc) is 2.21. The third kappa shape index (κ3) is 8.35. The van der Waals surface area contributed by atoms with Crippen molar-refractivity contribution in [3.63, 3.8) is 0 Å². The molecule has 1 atom stereocenters. The molecule has 5 nitrogen and oxygen atoms in total. The van der Waals surface area contributed by atoms with Crippen LogP contribution in [-0.2, 0) is 14.3 Å². The Morgan fingerprint density at radius 3 is 2.33 bits per heavy atom. The minimum absolute atomic E-state index is 0.438. The highest BCUT2D eigenvalue weighted by molar-refractivity contribution is 5.73. The van der Waals surface area contributed by atoms with E-state index in [-0.39, 0.29) is 0 Å². The quantitative estimate of drug-likeness (QED) is 0.523. The highest BCUT2D eigenvalue weighted by Gasteiger charge is 2.13. The minimum Gasteiger partial charge on any atom is -0.480 e. The SMILES string of the molecule is CCCOCCOCCC(NC)C(=O)O. The first-order valence-electron chi connectivity index (χ1n) is 5.28. The van der Waals surface area contributed by atoms with E-state index in [1.807, 2.05) is 6.92 Å². The molecule has 1 unspecified atom stereocenters. The van der Waals surface area contributed by atoms with Crippen LogP contribution in [0.1, 0.15) is 19.8 Å². The van der Waals surface area contributed by atoms with Crippen LogP contribution in [0.25, 0.3) is 0 Å². The summed E-state index contributed by atoms with van der Waals surface area (Å²) >= 11 is 0. The lowest BCUT2D eigenvalue weighted by Crippen LogP contribution is -2.34. The van der Waals surface area contributed by atoms with Crippen molar-refractivity contribution in [1.29, 1.82) is 0 Å². The summed E-state index contributed by atoms with van der Waals surface area (Å²) in [5.41, 5.74) is 0. The minimum atomic E-state index is -0.844. The van der Waals surface area contributed by atoms with Crippen LogP contribution >= 0.6 is 0 Å². The number of likely N-dealkylation sites (N-methyl/N-ethyl adjacent to an activating group) is 1. The maximum absolute atomic E-state index is 10.6. The number of rotatable bonds is 10. The van der Waals surface area contributed by atoms with Gasteiger partial charge in [0.15, 0.2) is 0 Å². The van der Waals surface area contributed by atoms with Crippen molar-refractivity contribution >= 4 is 5.97 Å². The second-order valence-electron chi connectivity index (χ2n) is 3.19. The molecule has 15 heavy (non-hydrogen) atoms. The summed E-state index contributed by atoms with van der Waals surface area (Å²) in [6, 6.07) is -0.526. The largest absolute Gasteiger partial charge is 0.480 e. The third-order valence-electron chi connectivity index (χ3n) is 1.92. The Morgan fingerprint density at radius 1 is 1.27 bits per heavy atom. The van der Waals surface area contributed by atoms with Crippen LogP contribution in [0, 0.1) is 0 Å². The molecular weight excluding hydrogens is 198 g/mol. The summed E-state index contributed by atoms with van der Waals surface area (Å²) in [5.74, 6) is -0.844. The molecule has 0 bridgehead atoms. The smallest absolute Gasteiger partial charge is 0.320 e. The number of aliphatic carboxylic acids is 1. The molecule has 0 spiro atoms. The van der Waals surface area contributed by atoms with Gasteiger partial charge < -0.3 is 19.9 Å². The van der Waals surface area contributed by atoms with Gasteiger partial charge >= 0.3 is 5.97 Å². The van der Waals surface area contributed by atoms with Gasteiger partial charge in [0.1, 0.15) is 6.04 Å². The molecule has 2 N–H and O–H groups in total. The van der Waals surface area contributed by atoms with Crippen molar-refractivity contribution in [3.05, 3.63) is 0 Å². The lowest BCUT2D eigenvalue weighted by Gasteiger charge is -2.11. The monoisotopic (exact) mass is 219 g/mol. The fraction of sp³-hybridized carbons (Fsp3) is 0.900. The topological polar surface area (TPSA) is 67.8 Å². The van der Waals surface area contributed by atoms with E-state index in [9.17, 15) is 4.79 Å². The van der Waals surface area contributed by atoms with E-state index in [1.54, 1.807) is 7.05 Å². The van der Waals surface area contributed by atoms with Gasteiger partial charge in [-0.1, -0.05) is 6.92 Å². The highest BCUT2D eigenvalue weighted by Crippen LogP contribution is 1.92. The number of hydrogen-bond acceptors (Lipinski definition) is 4. The Morgan fingerprint density at radius 2 is 1.87 bits per heavy atom. The fourth-order valence-corrected chi connectivity index (χ4v) is 1.06. The first-order valence-corrected chi connectivity index (χ1v) is 5.28. The zero-order chi connectivity index (χ0) is 11.5. The van der Waals surface area contributed by atoms with Crippen molar-refractivity contribution in [2.45, 2.75) is 25.8 Å². The second-order valence-corrected chi connectivity index (χ2v) is 3.19. The molecule has 0 saturated heterocycles. The van der Waals surface area contributed by atoms with Crippen molar-refractivity contribution in [1.82, 2.24) is 5.32 Å². The molecule has 0 aliphatic carbocycles. The van der Waals surface area contributed by atoms with Crippen LogP contribution in [0.5, 0.6) is 0 Å². The third-order valence-corrected chi connectivity index (χ3v) is 1.92. The van der Waals surface area contributed by atoms with Gasteiger partial charge in [0, 0.05) is 13.2 Å². The summed E-state index contributed by atoms with van der Waals surface area (Å²) < 4.78 is 10.4. The fourth-order valence-electron chi connectivity index (χ4n) is 1.06. The van der Waals surface area contributed by atoms with Crippen molar-refractivity contribution in [2.75, 3.05) is 33.5 Å². The normalized spacial score (nSPS) is 12.7. The summed E-state index contributed by atoms with van der Waals surface area (Å²) in [7, 11) is 1.63. The Bertz CT molecular complexity index is 164. The van der Waals surface area contributed by atoms with Crippen LogP contribution in [0.2, 0.25) is 0 Å². The van der Waals surface area contributed by atoms with E-state index in [0.29, 0.717) is 26.2 Å². The molecule has 0 radical (unpaired) electrons. The Balaban J connectivity index is 3.25. The van der Waals surface area contributed by atoms with Crippen molar-refractivity contribution in [3.8, 4) is 0 Å². The summed E-state index contributed by atoms with van der Waals surface area (Å²) in [4.78, 5) is 10.6. The maximum atomic E-state index is 10.6. The van der Waals surface area contributed by atoms with Gasteiger partial charge in [0.05, 0.1) is 13.2 Å². The first-order chi connectivity index (χ1) is 7.22. The molecule has 90 valence electrons. The van der Waals surface area contributed by atoms with Crippen LogP contribution in [0.4, 0.5) is 0 Å². The Labute approximate surface area is 90.8 Å². The predicted molar refractivity (Wildman–Crippen MR) is 57.0 cm³/mol. The van der Waals surface area contributed by atoms with Crippen LogP contribution < -0.4 is 5.32 Å². The molecule has 0 saturated carbocycles. The lowest BCUT2D eigenvalue weighted by molar-refractivity contribution is -0.139. The highest BCUT2D eigenvalue weighted by atomic mass is 16.5. The number of ether oxygens (including phenoxy) is 2. The number of carbonyl (C=O) groups is 1.